The normalized spacial score (nSPS) is 16.8. The highest BCUT2D eigenvalue weighted by atomic mass is 16.5. The molecule has 0 unspecified atom stereocenters. The second kappa shape index (κ2) is 7.21. The molecule has 0 atom stereocenters. The lowest BCUT2D eigenvalue weighted by Crippen LogP contribution is -2.44. The molecule has 1 aliphatic rings. The summed E-state index contributed by atoms with van der Waals surface area (Å²) in [6.07, 6.45) is 0.996. The van der Waals surface area contributed by atoms with Gasteiger partial charge < -0.3 is 15.0 Å². The zero-order chi connectivity index (χ0) is 17.0. The number of anilines is 1. The van der Waals surface area contributed by atoms with E-state index in [0.29, 0.717) is 5.75 Å². The number of hydrogen-bond acceptors (Lipinski definition) is 3. The third-order valence-corrected chi connectivity index (χ3v) is 4.33. The summed E-state index contributed by atoms with van der Waals surface area (Å²) in [6, 6.07) is 5.75. The second-order valence-corrected chi connectivity index (χ2v) is 7.13. The molecule has 1 saturated heterocycles. The number of nitrogens with zero attached hydrogens (tertiary/aromatic N) is 2. The maximum absolute atomic E-state index is 12.6. The van der Waals surface area contributed by atoms with Gasteiger partial charge in [0.05, 0.1) is 12.8 Å². The van der Waals surface area contributed by atoms with E-state index in [1.807, 2.05) is 30.0 Å². The molecule has 5 nitrogen and oxygen atoms in total. The number of urea groups is 1. The van der Waals surface area contributed by atoms with Gasteiger partial charge in [0, 0.05) is 31.7 Å². The van der Waals surface area contributed by atoms with Crippen molar-refractivity contribution in [2.24, 2.45) is 0 Å². The van der Waals surface area contributed by atoms with Gasteiger partial charge in [0.1, 0.15) is 5.75 Å². The molecule has 0 spiro atoms. The molecule has 2 rings (SSSR count). The van der Waals surface area contributed by atoms with E-state index in [0.717, 1.165) is 43.9 Å². The van der Waals surface area contributed by atoms with E-state index in [9.17, 15) is 4.79 Å². The molecule has 1 N–H and O–H groups in total. The molecule has 1 aromatic rings. The Morgan fingerprint density at radius 3 is 2.57 bits per heavy atom. The van der Waals surface area contributed by atoms with E-state index in [1.165, 1.54) is 0 Å². The predicted octanol–water partition coefficient (Wildman–Crippen LogP) is 3.34. The number of hydrogen-bond donors (Lipinski definition) is 1. The minimum Gasteiger partial charge on any atom is -0.495 e. The molecule has 5 heteroatoms. The van der Waals surface area contributed by atoms with Gasteiger partial charge in [-0.15, -0.1) is 0 Å². The highest BCUT2D eigenvalue weighted by molar-refractivity contribution is 5.91. The van der Waals surface area contributed by atoms with Gasteiger partial charge in [-0.3, -0.25) is 4.90 Å². The highest BCUT2D eigenvalue weighted by Gasteiger charge is 2.26. The van der Waals surface area contributed by atoms with E-state index in [-0.39, 0.29) is 11.6 Å². The van der Waals surface area contributed by atoms with Crippen LogP contribution in [0.3, 0.4) is 0 Å². The van der Waals surface area contributed by atoms with E-state index >= 15 is 0 Å². The number of aryl methyl sites for hydroxylation is 1. The van der Waals surface area contributed by atoms with Gasteiger partial charge >= 0.3 is 6.03 Å². The number of carbonyl (C=O) groups excluding carboxylic acids is 1. The Labute approximate surface area is 139 Å². The Hall–Kier alpha value is -1.75. The van der Waals surface area contributed by atoms with Gasteiger partial charge in [0.25, 0.3) is 0 Å². The number of carbonyl (C=O) groups is 1. The summed E-state index contributed by atoms with van der Waals surface area (Å²) < 4.78 is 5.33. The van der Waals surface area contributed by atoms with Crippen molar-refractivity contribution in [2.75, 3.05) is 38.6 Å². The zero-order valence-electron chi connectivity index (χ0n) is 15.0. The average molecular weight is 319 g/mol. The Morgan fingerprint density at radius 2 is 1.91 bits per heavy atom. The standard InChI is InChI=1S/C18H29N3O2/c1-14-7-8-16(23-5)15(13-14)19-17(22)20-9-6-10-21(12-11-20)18(2,3)4/h7-8,13H,6,9-12H2,1-5H3,(H,19,22). The summed E-state index contributed by atoms with van der Waals surface area (Å²) in [4.78, 5) is 16.9. The molecule has 2 amide bonds. The summed E-state index contributed by atoms with van der Waals surface area (Å²) in [6.45, 7) is 12.1. The van der Waals surface area contributed by atoms with Crippen molar-refractivity contribution in [3.8, 4) is 5.75 Å². The SMILES string of the molecule is COc1ccc(C)cc1NC(=O)N1CCCN(C(C)(C)C)CC1. The Kier molecular flexibility index (Phi) is 5.52. The zero-order valence-corrected chi connectivity index (χ0v) is 15.0. The second-order valence-electron chi connectivity index (χ2n) is 7.13. The van der Waals surface area contributed by atoms with E-state index in [1.54, 1.807) is 7.11 Å². The van der Waals surface area contributed by atoms with E-state index in [4.69, 9.17) is 4.74 Å². The smallest absolute Gasteiger partial charge is 0.321 e. The molecule has 1 aliphatic heterocycles. The first-order valence-corrected chi connectivity index (χ1v) is 8.27. The van der Waals surface area contributed by atoms with Crippen LogP contribution in [-0.4, -0.2) is 54.7 Å². The van der Waals surface area contributed by atoms with Gasteiger partial charge in [-0.2, -0.15) is 0 Å². The van der Waals surface area contributed by atoms with Crippen LogP contribution in [0.15, 0.2) is 18.2 Å². The minimum atomic E-state index is -0.0512. The van der Waals surface area contributed by atoms with Crippen molar-refractivity contribution >= 4 is 11.7 Å². The summed E-state index contributed by atoms with van der Waals surface area (Å²) in [5, 5.41) is 3.00. The molecular formula is C18H29N3O2. The fourth-order valence-electron chi connectivity index (χ4n) is 2.91. The number of nitrogens with one attached hydrogen (secondary N) is 1. The first kappa shape index (κ1) is 17.6. The third kappa shape index (κ3) is 4.61. The number of methoxy groups -OCH3 is 1. The number of rotatable bonds is 2. The molecule has 0 aliphatic carbocycles. The lowest BCUT2D eigenvalue weighted by Gasteiger charge is -2.34. The Morgan fingerprint density at radius 1 is 1.17 bits per heavy atom. The number of ether oxygens (including phenoxy) is 1. The number of amides is 2. The largest absolute Gasteiger partial charge is 0.495 e. The molecule has 0 saturated carbocycles. The first-order valence-electron chi connectivity index (χ1n) is 8.27. The van der Waals surface area contributed by atoms with Gasteiger partial charge in [-0.1, -0.05) is 6.07 Å². The number of benzene rings is 1. The lowest BCUT2D eigenvalue weighted by atomic mass is 10.1. The van der Waals surface area contributed by atoms with E-state index in [2.05, 4.69) is 31.0 Å². The van der Waals surface area contributed by atoms with Gasteiger partial charge in [0.2, 0.25) is 0 Å². The summed E-state index contributed by atoms with van der Waals surface area (Å²) in [7, 11) is 1.62. The van der Waals surface area contributed by atoms with Gasteiger partial charge in [-0.25, -0.2) is 4.79 Å². The van der Waals surface area contributed by atoms with Crippen molar-refractivity contribution in [1.29, 1.82) is 0 Å². The molecule has 1 fully saturated rings. The maximum atomic E-state index is 12.6. The molecule has 23 heavy (non-hydrogen) atoms. The van der Waals surface area contributed by atoms with Gasteiger partial charge in [0.15, 0.2) is 0 Å². The summed E-state index contributed by atoms with van der Waals surface area (Å²) >= 11 is 0. The molecule has 1 aromatic carbocycles. The quantitative estimate of drug-likeness (QED) is 0.909. The third-order valence-electron chi connectivity index (χ3n) is 4.33. The summed E-state index contributed by atoms with van der Waals surface area (Å²) in [5.74, 6) is 0.690. The molecule has 0 aromatic heterocycles. The minimum absolute atomic E-state index is 0.0512. The fourth-order valence-corrected chi connectivity index (χ4v) is 2.91. The topological polar surface area (TPSA) is 44.8 Å². The molecular weight excluding hydrogens is 290 g/mol. The average Bonchev–Trinajstić information content (AvgIpc) is 2.73. The van der Waals surface area contributed by atoms with Crippen LogP contribution in [0, 0.1) is 6.92 Å². The molecule has 1 heterocycles. The van der Waals surface area contributed by atoms with Crippen molar-refractivity contribution in [1.82, 2.24) is 9.80 Å². The summed E-state index contributed by atoms with van der Waals surface area (Å²) in [5.41, 5.74) is 1.97. The lowest BCUT2D eigenvalue weighted by molar-refractivity contribution is 0.142. The van der Waals surface area contributed by atoms with Crippen molar-refractivity contribution in [3.63, 3.8) is 0 Å². The molecule has 0 bridgehead atoms. The van der Waals surface area contributed by atoms with Crippen molar-refractivity contribution in [2.45, 2.75) is 39.7 Å². The molecule has 0 radical (unpaired) electrons. The van der Waals surface area contributed by atoms with Crippen LogP contribution in [0.4, 0.5) is 10.5 Å². The van der Waals surface area contributed by atoms with Gasteiger partial charge in [-0.05, 0) is 51.8 Å². The van der Waals surface area contributed by atoms with Crippen LogP contribution in [0.25, 0.3) is 0 Å². The fraction of sp³-hybridized carbons (Fsp3) is 0.611. The van der Waals surface area contributed by atoms with Crippen LogP contribution in [0.1, 0.15) is 32.8 Å². The Bertz CT molecular complexity index is 552. The molecule has 128 valence electrons. The predicted molar refractivity (Wildman–Crippen MR) is 94.3 cm³/mol. The van der Waals surface area contributed by atoms with Crippen LogP contribution in [-0.2, 0) is 0 Å². The van der Waals surface area contributed by atoms with Crippen molar-refractivity contribution < 1.29 is 9.53 Å². The monoisotopic (exact) mass is 319 g/mol. The van der Waals surface area contributed by atoms with E-state index < -0.39 is 0 Å². The van der Waals surface area contributed by atoms with Crippen LogP contribution in [0.2, 0.25) is 0 Å². The van der Waals surface area contributed by atoms with Crippen LogP contribution in [0.5, 0.6) is 5.75 Å². The highest BCUT2D eigenvalue weighted by Crippen LogP contribution is 2.25. The van der Waals surface area contributed by atoms with Crippen LogP contribution >= 0.6 is 0 Å². The first-order chi connectivity index (χ1) is 10.8. The maximum Gasteiger partial charge on any atom is 0.321 e. The Balaban J connectivity index is 2.03. The van der Waals surface area contributed by atoms with Crippen molar-refractivity contribution in [3.05, 3.63) is 23.8 Å². The van der Waals surface area contributed by atoms with Crippen LogP contribution < -0.4 is 10.1 Å².